The van der Waals surface area contributed by atoms with Crippen LogP contribution >= 0.6 is 0 Å². The van der Waals surface area contributed by atoms with Crippen molar-refractivity contribution < 1.29 is 0 Å². The Balaban J connectivity index is 1.04. The summed E-state index contributed by atoms with van der Waals surface area (Å²) < 4.78 is 5.47. The fraction of sp³-hybridized carbons (Fsp3) is 0.0513. The number of fused-ring (bicyclic) bond motifs is 38. The SMILES string of the molecule is C1=Cc2c(c3c(ccc4c3c3c5c6ccccc6c6ccccc6c5cc5c3n4-c3cccc4c3B5c3cc5c6ccccc6c6c(c5c5c7c8c9ccccc9c9ccccc9c8ccc7n-4c35)CCC=C6)c3ccccc23)CC1. The molecule has 21 rings (SSSR count). The molecular formula is C78H45BN2. The Kier molecular flexibility index (Phi) is 7.60. The Morgan fingerprint density at radius 2 is 0.630 bits per heavy atom. The van der Waals surface area contributed by atoms with E-state index in [4.69, 9.17) is 0 Å². The monoisotopic (exact) mass is 1020 g/mol. The predicted octanol–water partition coefficient (Wildman–Crippen LogP) is 18.5. The van der Waals surface area contributed by atoms with Gasteiger partial charge in [-0.3, -0.25) is 0 Å². The third-order valence-corrected chi connectivity index (χ3v) is 20.3. The van der Waals surface area contributed by atoms with Crippen molar-refractivity contribution in [2.75, 3.05) is 0 Å². The van der Waals surface area contributed by atoms with Gasteiger partial charge in [0.1, 0.15) is 0 Å². The highest BCUT2D eigenvalue weighted by Crippen LogP contribution is 2.52. The van der Waals surface area contributed by atoms with E-state index in [1.54, 1.807) is 0 Å². The molecule has 0 N–H and O–H groups in total. The van der Waals surface area contributed by atoms with Gasteiger partial charge in [-0.1, -0.05) is 200 Å². The second kappa shape index (κ2) is 14.6. The number of hydrogen-bond donors (Lipinski definition) is 0. The highest BCUT2D eigenvalue weighted by atomic mass is 15.0. The standard InChI is InChI=1S/C78H45BN2/c1-5-26-50-42(18-1)46-22-9-13-30-54(46)68-58(50)36-38-64-72(68)74-70-56-32-15-11-24-48(56)44-20-3-7-28-52(44)60(70)40-62-77(74)80(64)66-34-17-35-67-76(66)79(62)63-41-61-53-29-8-4-21-45(53)49-25-12-16-33-57(49)71(61)75-73-65(81(67)78(63)75)39-37-59-51-27-6-2-19-43(51)47-23-10-14-31-55(47)69(59)73/h1-13,16-30,33-41H,14-15,31-32H2. The molecule has 0 saturated heterocycles. The summed E-state index contributed by atoms with van der Waals surface area (Å²) in [7, 11) is 0. The van der Waals surface area contributed by atoms with Crippen molar-refractivity contribution in [1.82, 2.24) is 9.13 Å². The van der Waals surface area contributed by atoms with Gasteiger partial charge in [-0.25, -0.2) is 0 Å². The number of rotatable bonds is 0. The topological polar surface area (TPSA) is 9.86 Å². The molecule has 15 aromatic carbocycles. The van der Waals surface area contributed by atoms with Crippen LogP contribution in [-0.4, -0.2) is 15.8 Å². The summed E-state index contributed by atoms with van der Waals surface area (Å²) in [5, 5.41) is 32.2. The highest BCUT2D eigenvalue weighted by Gasteiger charge is 2.43. The molecule has 2 aliphatic carbocycles. The minimum absolute atomic E-state index is 0.0728. The van der Waals surface area contributed by atoms with Crippen LogP contribution in [0.1, 0.15) is 35.1 Å². The molecule has 0 amide bonds. The fourth-order valence-electron chi connectivity index (χ4n) is 17.4. The summed E-state index contributed by atoms with van der Waals surface area (Å²) in [5.41, 5.74) is 17.7. The van der Waals surface area contributed by atoms with Gasteiger partial charge >= 0.3 is 0 Å². The minimum atomic E-state index is -0.0728. The molecule has 2 nitrogen and oxygen atoms in total. The number of aryl methyl sites for hydroxylation is 2. The van der Waals surface area contributed by atoms with Gasteiger partial charge < -0.3 is 9.13 Å². The zero-order valence-electron chi connectivity index (χ0n) is 44.2. The van der Waals surface area contributed by atoms with Gasteiger partial charge in [0.25, 0.3) is 6.71 Å². The zero-order valence-corrected chi connectivity index (χ0v) is 44.2. The van der Waals surface area contributed by atoms with Gasteiger partial charge in [0.05, 0.1) is 22.1 Å². The molecule has 0 atom stereocenters. The van der Waals surface area contributed by atoms with Gasteiger partial charge in [0, 0.05) is 43.7 Å². The summed E-state index contributed by atoms with van der Waals surface area (Å²) in [6, 6.07) is 77.9. The van der Waals surface area contributed by atoms with E-state index in [-0.39, 0.29) is 6.71 Å². The molecule has 0 spiro atoms. The van der Waals surface area contributed by atoms with Gasteiger partial charge in [-0.05, 0) is 186 Å². The van der Waals surface area contributed by atoms with Gasteiger partial charge in [0.15, 0.2) is 0 Å². The molecule has 0 radical (unpaired) electrons. The summed E-state index contributed by atoms with van der Waals surface area (Å²) in [4.78, 5) is 0. The summed E-state index contributed by atoms with van der Waals surface area (Å²) >= 11 is 0. The van der Waals surface area contributed by atoms with E-state index in [1.165, 1.54) is 201 Å². The molecule has 0 unspecified atom stereocenters. The van der Waals surface area contributed by atoms with Crippen LogP contribution in [-0.2, 0) is 12.8 Å². The van der Waals surface area contributed by atoms with Crippen molar-refractivity contribution >= 4 is 187 Å². The van der Waals surface area contributed by atoms with E-state index in [9.17, 15) is 0 Å². The van der Waals surface area contributed by atoms with Crippen LogP contribution in [0.4, 0.5) is 0 Å². The summed E-state index contributed by atoms with van der Waals surface area (Å²) in [6.07, 6.45) is 13.7. The summed E-state index contributed by atoms with van der Waals surface area (Å²) in [5.74, 6) is 0. The zero-order chi connectivity index (χ0) is 52.1. The van der Waals surface area contributed by atoms with Crippen LogP contribution in [0.15, 0.2) is 212 Å². The first-order chi connectivity index (χ1) is 40.3. The molecule has 81 heavy (non-hydrogen) atoms. The van der Waals surface area contributed by atoms with Crippen LogP contribution in [0, 0.1) is 0 Å². The van der Waals surface area contributed by atoms with Crippen LogP contribution in [0.2, 0.25) is 0 Å². The lowest BCUT2D eigenvalue weighted by Gasteiger charge is -2.34. The Hall–Kier alpha value is -9.96. The van der Waals surface area contributed by atoms with E-state index in [0.717, 1.165) is 25.7 Å². The lowest BCUT2D eigenvalue weighted by molar-refractivity contribution is 1.00. The quantitative estimate of drug-likeness (QED) is 0.106. The van der Waals surface area contributed by atoms with Crippen molar-refractivity contribution in [1.29, 1.82) is 0 Å². The van der Waals surface area contributed by atoms with Crippen LogP contribution in [0.25, 0.3) is 175 Å². The molecule has 0 fully saturated rings. The molecule has 0 saturated carbocycles. The molecule has 17 aromatic rings. The molecule has 0 bridgehead atoms. The van der Waals surface area contributed by atoms with Crippen molar-refractivity contribution in [3.8, 4) is 11.4 Å². The lowest BCUT2D eigenvalue weighted by atomic mass is 9.34. The van der Waals surface area contributed by atoms with Crippen LogP contribution in [0.5, 0.6) is 0 Å². The smallest absolute Gasteiger partial charge is 0.252 e. The Morgan fingerprint density at radius 3 is 1.14 bits per heavy atom. The molecule has 2 aliphatic heterocycles. The Morgan fingerprint density at radius 1 is 0.284 bits per heavy atom. The van der Waals surface area contributed by atoms with Crippen LogP contribution in [0.3, 0.4) is 0 Å². The van der Waals surface area contributed by atoms with Crippen molar-refractivity contribution in [3.63, 3.8) is 0 Å². The van der Waals surface area contributed by atoms with Crippen molar-refractivity contribution in [2.24, 2.45) is 0 Å². The van der Waals surface area contributed by atoms with Crippen molar-refractivity contribution in [3.05, 3.63) is 235 Å². The van der Waals surface area contributed by atoms with E-state index >= 15 is 0 Å². The van der Waals surface area contributed by atoms with E-state index < -0.39 is 0 Å². The lowest BCUT2D eigenvalue weighted by Crippen LogP contribution is -2.59. The second-order valence-corrected chi connectivity index (χ2v) is 23.7. The first-order valence-corrected chi connectivity index (χ1v) is 29.2. The minimum Gasteiger partial charge on any atom is -0.310 e. The van der Waals surface area contributed by atoms with Crippen molar-refractivity contribution in [2.45, 2.75) is 25.7 Å². The van der Waals surface area contributed by atoms with Gasteiger partial charge in [-0.2, -0.15) is 0 Å². The average molecular weight is 1020 g/mol. The van der Waals surface area contributed by atoms with Gasteiger partial charge in [-0.15, -0.1) is 0 Å². The normalized spacial score (nSPS) is 14.3. The maximum absolute atomic E-state index is 2.74. The maximum atomic E-state index is 2.74. The molecule has 4 heterocycles. The Bertz CT molecular complexity index is 5970. The molecule has 4 aliphatic rings. The molecule has 2 aromatic heterocycles. The molecule has 3 heteroatoms. The van der Waals surface area contributed by atoms with Crippen LogP contribution < -0.4 is 16.4 Å². The van der Waals surface area contributed by atoms with E-state index in [2.05, 4.69) is 234 Å². The number of benzene rings is 15. The maximum Gasteiger partial charge on any atom is 0.252 e. The van der Waals surface area contributed by atoms with E-state index in [1.807, 2.05) is 0 Å². The number of hydrogen-bond acceptors (Lipinski definition) is 0. The Labute approximate surface area is 464 Å². The number of nitrogens with zero attached hydrogens (tertiary/aromatic N) is 2. The largest absolute Gasteiger partial charge is 0.310 e. The molecule has 370 valence electrons. The first kappa shape index (κ1) is 42.1. The number of aromatic nitrogens is 2. The molecular weight excluding hydrogens is 976 g/mol. The number of allylic oxidation sites excluding steroid dienone is 2. The predicted molar refractivity (Wildman–Crippen MR) is 350 cm³/mol. The van der Waals surface area contributed by atoms with E-state index in [0.29, 0.717) is 0 Å². The third kappa shape index (κ3) is 4.87. The first-order valence-electron chi connectivity index (χ1n) is 29.2. The average Bonchev–Trinajstić information content (AvgIpc) is 3.91. The van der Waals surface area contributed by atoms with Gasteiger partial charge in [0.2, 0.25) is 0 Å². The third-order valence-electron chi connectivity index (χ3n) is 20.3. The summed E-state index contributed by atoms with van der Waals surface area (Å²) in [6.45, 7) is -0.0728. The fourth-order valence-corrected chi connectivity index (χ4v) is 17.4. The highest BCUT2D eigenvalue weighted by molar-refractivity contribution is 7.01. The second-order valence-electron chi connectivity index (χ2n) is 23.7.